The first-order chi connectivity index (χ1) is 17.2. The van der Waals surface area contributed by atoms with Crippen LogP contribution >= 0.6 is 22.9 Å². The van der Waals surface area contributed by atoms with Gasteiger partial charge in [0.15, 0.2) is 0 Å². The van der Waals surface area contributed by atoms with Gasteiger partial charge in [0.05, 0.1) is 5.02 Å². The predicted molar refractivity (Wildman–Crippen MR) is 152 cm³/mol. The highest BCUT2D eigenvalue weighted by atomic mass is 35.5. The van der Waals surface area contributed by atoms with E-state index in [0.717, 1.165) is 37.7 Å². The fourth-order valence-electron chi connectivity index (χ4n) is 5.43. The van der Waals surface area contributed by atoms with Gasteiger partial charge in [-0.3, -0.25) is 0 Å². The summed E-state index contributed by atoms with van der Waals surface area (Å²) >= 11 is 8.42. The van der Waals surface area contributed by atoms with Gasteiger partial charge in [0.1, 0.15) is 11.2 Å². The Labute approximate surface area is 209 Å². The molecule has 0 aliphatic rings. The Hall–Kier alpha value is -3.85. The van der Waals surface area contributed by atoms with Gasteiger partial charge < -0.3 is 4.42 Å². The smallest absolute Gasteiger partial charge is 0.137 e. The zero-order valence-electron chi connectivity index (χ0n) is 18.5. The number of fused-ring (bicyclic) bond motifs is 9. The van der Waals surface area contributed by atoms with Crippen LogP contribution in [0.5, 0.6) is 0 Å². The average molecular weight is 485 g/mol. The summed E-state index contributed by atoms with van der Waals surface area (Å²) < 4.78 is 8.91. The van der Waals surface area contributed by atoms with E-state index in [2.05, 4.69) is 91.0 Å². The van der Waals surface area contributed by atoms with Crippen LogP contribution < -0.4 is 0 Å². The standard InChI is InChI=1S/C32H17ClOS/c33-27-17-29-32(25-7-2-1-5-22(25)27)26-14-21-13-18(9-10-19(21)15-28(26)34-29)20-11-12-24-23-6-3-4-8-30(23)35-31(24)16-20/h1-17H. The van der Waals surface area contributed by atoms with Gasteiger partial charge >= 0.3 is 0 Å². The number of thiophene rings is 1. The first-order valence-corrected chi connectivity index (χ1v) is 12.8. The van der Waals surface area contributed by atoms with Crippen LogP contribution in [0.4, 0.5) is 0 Å². The number of benzene rings is 6. The molecule has 0 unspecified atom stereocenters. The highest BCUT2D eigenvalue weighted by molar-refractivity contribution is 7.25. The van der Waals surface area contributed by atoms with Gasteiger partial charge in [-0.15, -0.1) is 11.3 Å². The summed E-state index contributed by atoms with van der Waals surface area (Å²) in [5, 5.41) is 10.2. The molecule has 3 heteroatoms. The van der Waals surface area contributed by atoms with Gasteiger partial charge in [0, 0.05) is 42.4 Å². The van der Waals surface area contributed by atoms with Crippen molar-refractivity contribution in [2.24, 2.45) is 0 Å². The molecule has 0 saturated carbocycles. The van der Waals surface area contributed by atoms with E-state index >= 15 is 0 Å². The van der Waals surface area contributed by atoms with E-state index in [9.17, 15) is 0 Å². The molecule has 0 aliphatic carbocycles. The third kappa shape index (κ3) is 2.81. The van der Waals surface area contributed by atoms with E-state index in [1.54, 1.807) is 0 Å². The Balaban J connectivity index is 1.36. The molecule has 2 aromatic heterocycles. The second-order valence-corrected chi connectivity index (χ2v) is 10.6. The normalized spacial score (nSPS) is 12.1. The van der Waals surface area contributed by atoms with E-state index in [0.29, 0.717) is 0 Å². The van der Waals surface area contributed by atoms with Crippen LogP contribution in [0.15, 0.2) is 108 Å². The minimum atomic E-state index is 0.718. The first kappa shape index (κ1) is 19.5. The molecule has 0 aliphatic heterocycles. The van der Waals surface area contributed by atoms with Gasteiger partial charge in [-0.05, 0) is 57.6 Å². The minimum Gasteiger partial charge on any atom is -0.456 e. The Morgan fingerprint density at radius 1 is 0.514 bits per heavy atom. The quantitative estimate of drug-likeness (QED) is 0.226. The van der Waals surface area contributed by atoms with Crippen molar-refractivity contribution >= 4 is 86.6 Å². The zero-order valence-corrected chi connectivity index (χ0v) is 20.1. The van der Waals surface area contributed by atoms with Crippen LogP contribution in [0.1, 0.15) is 0 Å². The van der Waals surface area contributed by atoms with Crippen molar-refractivity contribution in [2.75, 3.05) is 0 Å². The highest BCUT2D eigenvalue weighted by Crippen LogP contribution is 2.41. The molecular weight excluding hydrogens is 468 g/mol. The monoisotopic (exact) mass is 484 g/mol. The zero-order chi connectivity index (χ0) is 23.1. The molecule has 2 heterocycles. The molecule has 164 valence electrons. The van der Waals surface area contributed by atoms with Gasteiger partial charge in [-0.2, -0.15) is 0 Å². The second kappa shape index (κ2) is 7.08. The fourth-order valence-corrected chi connectivity index (χ4v) is 6.83. The summed E-state index contributed by atoms with van der Waals surface area (Å²) in [6, 6.07) is 36.8. The van der Waals surface area contributed by atoms with Crippen molar-refractivity contribution in [3.63, 3.8) is 0 Å². The van der Waals surface area contributed by atoms with Crippen molar-refractivity contribution in [3.8, 4) is 11.1 Å². The minimum absolute atomic E-state index is 0.718. The molecule has 0 saturated heterocycles. The average Bonchev–Trinajstić information content (AvgIpc) is 3.44. The third-order valence-corrected chi connectivity index (χ3v) is 8.54. The van der Waals surface area contributed by atoms with Gasteiger partial charge in [0.2, 0.25) is 0 Å². The molecule has 6 aromatic carbocycles. The van der Waals surface area contributed by atoms with Crippen LogP contribution in [-0.4, -0.2) is 0 Å². The Kier molecular flexibility index (Phi) is 3.94. The lowest BCUT2D eigenvalue weighted by atomic mass is 9.98. The maximum Gasteiger partial charge on any atom is 0.137 e. The van der Waals surface area contributed by atoms with Crippen LogP contribution in [0.3, 0.4) is 0 Å². The molecule has 0 N–H and O–H groups in total. The molecule has 0 radical (unpaired) electrons. The Morgan fingerprint density at radius 2 is 1.26 bits per heavy atom. The van der Waals surface area contributed by atoms with Gasteiger partial charge in [0.25, 0.3) is 0 Å². The summed E-state index contributed by atoms with van der Waals surface area (Å²) in [5.41, 5.74) is 4.17. The number of halogens is 1. The molecule has 8 rings (SSSR count). The molecule has 35 heavy (non-hydrogen) atoms. The largest absolute Gasteiger partial charge is 0.456 e. The van der Waals surface area contributed by atoms with E-state index in [4.69, 9.17) is 16.0 Å². The van der Waals surface area contributed by atoms with Crippen molar-refractivity contribution in [2.45, 2.75) is 0 Å². The molecule has 8 aromatic rings. The van der Waals surface area contributed by atoms with Crippen LogP contribution in [0.25, 0.3) is 74.8 Å². The SMILES string of the molecule is Clc1cc2oc3cc4ccc(-c5ccc6c(c5)sc5ccccc56)cc4cc3c2c2ccccc12. The number of hydrogen-bond acceptors (Lipinski definition) is 2. The lowest BCUT2D eigenvalue weighted by Crippen LogP contribution is -1.80. The van der Waals surface area contributed by atoms with E-state index in [1.165, 1.54) is 42.1 Å². The fraction of sp³-hybridized carbons (Fsp3) is 0. The van der Waals surface area contributed by atoms with Crippen LogP contribution in [0, 0.1) is 0 Å². The maximum atomic E-state index is 6.57. The molecule has 0 bridgehead atoms. The summed E-state index contributed by atoms with van der Waals surface area (Å²) in [7, 11) is 0. The topological polar surface area (TPSA) is 13.1 Å². The van der Waals surface area contributed by atoms with Crippen molar-refractivity contribution < 1.29 is 4.42 Å². The van der Waals surface area contributed by atoms with Crippen LogP contribution in [0.2, 0.25) is 5.02 Å². The predicted octanol–water partition coefficient (Wildman–Crippen LogP) is 10.6. The van der Waals surface area contributed by atoms with E-state index in [-0.39, 0.29) is 0 Å². The number of rotatable bonds is 1. The Morgan fingerprint density at radius 3 is 2.17 bits per heavy atom. The molecule has 1 nitrogen and oxygen atoms in total. The molecular formula is C32H17ClOS. The van der Waals surface area contributed by atoms with Crippen molar-refractivity contribution in [3.05, 3.63) is 108 Å². The number of hydrogen-bond donors (Lipinski definition) is 0. The van der Waals surface area contributed by atoms with Crippen molar-refractivity contribution in [1.82, 2.24) is 0 Å². The number of furan rings is 1. The summed E-state index contributed by atoms with van der Waals surface area (Å²) in [6.07, 6.45) is 0. The highest BCUT2D eigenvalue weighted by Gasteiger charge is 2.14. The molecule has 0 amide bonds. The van der Waals surface area contributed by atoms with Crippen molar-refractivity contribution in [1.29, 1.82) is 0 Å². The first-order valence-electron chi connectivity index (χ1n) is 11.6. The van der Waals surface area contributed by atoms with E-state index in [1.807, 2.05) is 23.5 Å². The maximum absolute atomic E-state index is 6.57. The lowest BCUT2D eigenvalue weighted by molar-refractivity contribution is 0.670. The molecule has 0 atom stereocenters. The molecule has 0 spiro atoms. The van der Waals surface area contributed by atoms with Crippen LogP contribution in [-0.2, 0) is 0 Å². The van der Waals surface area contributed by atoms with Gasteiger partial charge in [-0.25, -0.2) is 0 Å². The summed E-state index contributed by atoms with van der Waals surface area (Å²) in [6.45, 7) is 0. The Bertz CT molecular complexity index is 2130. The summed E-state index contributed by atoms with van der Waals surface area (Å²) in [5.74, 6) is 0. The third-order valence-electron chi connectivity index (χ3n) is 7.10. The molecule has 0 fully saturated rings. The lowest BCUT2D eigenvalue weighted by Gasteiger charge is -2.06. The second-order valence-electron chi connectivity index (χ2n) is 9.10. The van der Waals surface area contributed by atoms with E-state index < -0.39 is 0 Å². The van der Waals surface area contributed by atoms with Gasteiger partial charge in [-0.1, -0.05) is 78.3 Å². The summed E-state index contributed by atoms with van der Waals surface area (Å²) in [4.78, 5) is 0.